The van der Waals surface area contributed by atoms with E-state index in [2.05, 4.69) is 33.0 Å². The predicted octanol–water partition coefficient (Wildman–Crippen LogP) is 6.51. The zero-order valence-corrected chi connectivity index (χ0v) is 20.0. The van der Waals surface area contributed by atoms with Gasteiger partial charge in [0.15, 0.2) is 0 Å². The van der Waals surface area contributed by atoms with E-state index >= 15 is 0 Å². The smallest absolute Gasteiger partial charge is 0.271 e. The Morgan fingerprint density at radius 1 is 0.971 bits per heavy atom. The standard InChI is InChI=1S/C28H23BrN2O3/c1-2-16-33-24-13-10-22(11-14-24)28(32)31-30-18-26-25-9-4-3-7-21(25)12-15-27(26)34-19-20-6-5-8-23(29)17-20/h2-15,17-18H,1,16,19H2,(H,31,32). The van der Waals surface area contributed by atoms with Gasteiger partial charge >= 0.3 is 0 Å². The number of benzene rings is 4. The van der Waals surface area contributed by atoms with E-state index < -0.39 is 0 Å². The van der Waals surface area contributed by atoms with Crippen LogP contribution in [0.15, 0.2) is 107 Å². The van der Waals surface area contributed by atoms with Crippen molar-refractivity contribution in [2.45, 2.75) is 6.61 Å². The number of hydrazone groups is 1. The Kier molecular flexibility index (Phi) is 7.73. The van der Waals surface area contributed by atoms with Gasteiger partial charge in [-0.2, -0.15) is 5.10 Å². The Balaban J connectivity index is 1.52. The Bertz CT molecular complexity index is 1330. The molecule has 4 aromatic rings. The lowest BCUT2D eigenvalue weighted by Crippen LogP contribution is -2.17. The molecule has 1 N–H and O–H groups in total. The van der Waals surface area contributed by atoms with Crippen molar-refractivity contribution in [3.8, 4) is 11.5 Å². The first-order valence-electron chi connectivity index (χ1n) is 10.7. The fourth-order valence-electron chi connectivity index (χ4n) is 3.40. The molecule has 4 rings (SSSR count). The molecule has 0 aliphatic carbocycles. The van der Waals surface area contributed by atoms with Crippen LogP contribution in [-0.2, 0) is 6.61 Å². The van der Waals surface area contributed by atoms with Gasteiger partial charge in [-0.1, -0.05) is 71.0 Å². The number of halogens is 1. The lowest BCUT2D eigenvalue weighted by Gasteiger charge is -2.12. The normalized spacial score (nSPS) is 10.9. The molecule has 170 valence electrons. The second-order valence-electron chi connectivity index (χ2n) is 7.44. The van der Waals surface area contributed by atoms with Crippen LogP contribution in [0.1, 0.15) is 21.5 Å². The number of amides is 1. The minimum absolute atomic E-state index is 0.316. The Morgan fingerprint density at radius 3 is 2.59 bits per heavy atom. The maximum absolute atomic E-state index is 12.5. The van der Waals surface area contributed by atoms with Crippen molar-refractivity contribution in [1.82, 2.24) is 5.43 Å². The van der Waals surface area contributed by atoms with Crippen LogP contribution in [0.5, 0.6) is 11.5 Å². The highest BCUT2D eigenvalue weighted by Crippen LogP contribution is 2.27. The number of nitrogens with zero attached hydrogens (tertiary/aromatic N) is 1. The molecule has 0 aliphatic rings. The summed E-state index contributed by atoms with van der Waals surface area (Å²) < 4.78 is 12.6. The largest absolute Gasteiger partial charge is 0.490 e. The number of rotatable bonds is 9. The maximum Gasteiger partial charge on any atom is 0.271 e. The molecule has 0 radical (unpaired) electrons. The predicted molar refractivity (Wildman–Crippen MR) is 140 cm³/mol. The number of carbonyl (C=O) groups excluding carboxylic acids is 1. The van der Waals surface area contributed by atoms with Crippen molar-refractivity contribution >= 4 is 38.8 Å². The highest BCUT2D eigenvalue weighted by molar-refractivity contribution is 9.10. The topological polar surface area (TPSA) is 59.9 Å². The van der Waals surface area contributed by atoms with E-state index in [1.807, 2.05) is 60.7 Å². The molecule has 0 unspecified atom stereocenters. The van der Waals surface area contributed by atoms with Crippen LogP contribution in [0, 0.1) is 0 Å². The number of hydrogen-bond acceptors (Lipinski definition) is 4. The van der Waals surface area contributed by atoms with Crippen molar-refractivity contribution in [3.63, 3.8) is 0 Å². The lowest BCUT2D eigenvalue weighted by molar-refractivity contribution is 0.0955. The second-order valence-corrected chi connectivity index (χ2v) is 8.36. The van der Waals surface area contributed by atoms with E-state index in [4.69, 9.17) is 9.47 Å². The van der Waals surface area contributed by atoms with Crippen molar-refractivity contribution < 1.29 is 14.3 Å². The third-order valence-electron chi connectivity index (χ3n) is 5.06. The monoisotopic (exact) mass is 514 g/mol. The van der Waals surface area contributed by atoms with Crippen LogP contribution < -0.4 is 14.9 Å². The number of hydrogen-bond donors (Lipinski definition) is 1. The van der Waals surface area contributed by atoms with Crippen LogP contribution in [0.2, 0.25) is 0 Å². The fourth-order valence-corrected chi connectivity index (χ4v) is 3.85. The van der Waals surface area contributed by atoms with Gasteiger partial charge in [-0.15, -0.1) is 0 Å². The molecule has 0 aromatic heterocycles. The molecule has 0 atom stereocenters. The van der Waals surface area contributed by atoms with Gasteiger partial charge in [-0.05, 0) is 58.8 Å². The van der Waals surface area contributed by atoms with E-state index in [0.717, 1.165) is 26.4 Å². The van der Waals surface area contributed by atoms with Gasteiger partial charge in [0.1, 0.15) is 24.7 Å². The van der Waals surface area contributed by atoms with Gasteiger partial charge < -0.3 is 9.47 Å². The first-order chi connectivity index (χ1) is 16.6. The molecule has 0 aliphatic heterocycles. The van der Waals surface area contributed by atoms with Crippen LogP contribution in [0.3, 0.4) is 0 Å². The molecule has 0 fully saturated rings. The van der Waals surface area contributed by atoms with Crippen LogP contribution in [-0.4, -0.2) is 18.7 Å². The number of ether oxygens (including phenoxy) is 2. The van der Waals surface area contributed by atoms with E-state index in [-0.39, 0.29) is 5.91 Å². The molecular formula is C28H23BrN2O3. The van der Waals surface area contributed by atoms with E-state index in [1.165, 1.54) is 0 Å². The fraction of sp³-hybridized carbons (Fsp3) is 0.0714. The molecule has 6 heteroatoms. The minimum Gasteiger partial charge on any atom is -0.490 e. The summed E-state index contributed by atoms with van der Waals surface area (Å²) in [5.74, 6) is 1.03. The second kappa shape index (κ2) is 11.3. The van der Waals surface area contributed by atoms with Gasteiger partial charge in [-0.25, -0.2) is 5.43 Å². The molecule has 1 amide bonds. The summed E-state index contributed by atoms with van der Waals surface area (Å²) in [6.07, 6.45) is 3.29. The summed E-state index contributed by atoms with van der Waals surface area (Å²) in [5.41, 5.74) is 4.91. The van der Waals surface area contributed by atoms with E-state index in [1.54, 1.807) is 36.6 Å². The van der Waals surface area contributed by atoms with Crippen molar-refractivity contribution in [2.75, 3.05) is 6.61 Å². The van der Waals surface area contributed by atoms with Gasteiger partial charge in [0, 0.05) is 15.6 Å². The Hall–Kier alpha value is -3.90. The number of nitrogens with one attached hydrogen (secondary N) is 1. The highest BCUT2D eigenvalue weighted by Gasteiger charge is 2.09. The quantitative estimate of drug-likeness (QED) is 0.157. The van der Waals surface area contributed by atoms with Gasteiger partial charge in [0.05, 0.1) is 6.21 Å². The number of fused-ring (bicyclic) bond motifs is 1. The van der Waals surface area contributed by atoms with Gasteiger partial charge in [0.25, 0.3) is 5.91 Å². The van der Waals surface area contributed by atoms with Crippen molar-refractivity contribution in [3.05, 3.63) is 119 Å². The maximum atomic E-state index is 12.5. The lowest BCUT2D eigenvalue weighted by atomic mass is 10.0. The van der Waals surface area contributed by atoms with E-state index in [0.29, 0.717) is 30.3 Å². The molecule has 5 nitrogen and oxygen atoms in total. The SMILES string of the molecule is C=CCOc1ccc(C(=O)NN=Cc2c(OCc3cccc(Br)c3)ccc3ccccc23)cc1. The Morgan fingerprint density at radius 2 is 1.79 bits per heavy atom. The summed E-state index contributed by atoms with van der Waals surface area (Å²) in [4.78, 5) is 12.5. The minimum atomic E-state index is -0.316. The summed E-state index contributed by atoms with van der Waals surface area (Å²) in [6, 6.07) is 26.7. The third-order valence-corrected chi connectivity index (χ3v) is 5.55. The van der Waals surface area contributed by atoms with Crippen LogP contribution in [0.25, 0.3) is 10.8 Å². The molecule has 4 aromatic carbocycles. The average Bonchev–Trinajstić information content (AvgIpc) is 2.87. The van der Waals surface area contributed by atoms with Crippen LogP contribution in [0.4, 0.5) is 0 Å². The van der Waals surface area contributed by atoms with Crippen molar-refractivity contribution in [1.29, 1.82) is 0 Å². The zero-order valence-electron chi connectivity index (χ0n) is 18.4. The first-order valence-corrected chi connectivity index (χ1v) is 11.5. The number of carbonyl (C=O) groups is 1. The molecule has 0 spiro atoms. The molecular weight excluding hydrogens is 492 g/mol. The summed E-state index contributed by atoms with van der Waals surface area (Å²) in [5, 5.41) is 6.25. The van der Waals surface area contributed by atoms with Gasteiger partial charge in [0.2, 0.25) is 0 Å². The molecule has 0 bridgehead atoms. The zero-order chi connectivity index (χ0) is 23.8. The van der Waals surface area contributed by atoms with Gasteiger partial charge in [-0.3, -0.25) is 4.79 Å². The summed E-state index contributed by atoms with van der Waals surface area (Å²) in [6.45, 7) is 4.44. The summed E-state index contributed by atoms with van der Waals surface area (Å²) in [7, 11) is 0. The molecule has 34 heavy (non-hydrogen) atoms. The van der Waals surface area contributed by atoms with Crippen molar-refractivity contribution in [2.24, 2.45) is 5.10 Å². The molecule has 0 heterocycles. The Labute approximate surface area is 206 Å². The third kappa shape index (κ3) is 5.91. The van der Waals surface area contributed by atoms with Crippen LogP contribution >= 0.6 is 15.9 Å². The van der Waals surface area contributed by atoms with E-state index in [9.17, 15) is 4.79 Å². The first kappa shape index (κ1) is 23.3. The average molecular weight is 515 g/mol. The molecule has 0 saturated carbocycles. The molecule has 0 saturated heterocycles. The highest BCUT2D eigenvalue weighted by atomic mass is 79.9. The summed E-state index contributed by atoms with van der Waals surface area (Å²) >= 11 is 3.49.